The number of carbonyl (C=O) groups excluding carboxylic acids is 2. The van der Waals surface area contributed by atoms with Crippen LogP contribution in [0.4, 0.5) is 14.9 Å². The van der Waals surface area contributed by atoms with Crippen molar-refractivity contribution < 1.29 is 18.4 Å². The number of piperidine rings is 2. The van der Waals surface area contributed by atoms with Gasteiger partial charge in [0.1, 0.15) is 12.1 Å². The molecule has 0 spiro atoms. The van der Waals surface area contributed by atoms with E-state index in [0.717, 1.165) is 24.9 Å². The number of nitrogens with zero attached hydrogens (tertiary/aromatic N) is 2. The van der Waals surface area contributed by atoms with E-state index in [1.165, 1.54) is 18.6 Å². The van der Waals surface area contributed by atoms with Crippen LogP contribution in [-0.4, -0.2) is 55.1 Å². The van der Waals surface area contributed by atoms with Gasteiger partial charge in [0.15, 0.2) is 0 Å². The van der Waals surface area contributed by atoms with Gasteiger partial charge in [-0.1, -0.05) is 6.07 Å². The number of nitrogens with one attached hydrogen (secondary N) is 2. The van der Waals surface area contributed by atoms with E-state index in [1.807, 2.05) is 17.9 Å². The molecular weight excluding hydrogens is 399 g/mol. The lowest BCUT2D eigenvalue weighted by Crippen LogP contribution is -2.54. The first kappa shape index (κ1) is 21.2. The Kier molecular flexibility index (Phi) is 6.44. The van der Waals surface area contributed by atoms with Crippen LogP contribution in [0.3, 0.4) is 0 Å². The number of hydrogen-bond donors (Lipinski definition) is 2. The molecule has 166 valence electrons. The third kappa shape index (κ3) is 5.18. The molecule has 2 aliphatic heterocycles. The quantitative estimate of drug-likeness (QED) is 0.783. The highest BCUT2D eigenvalue weighted by Crippen LogP contribution is 2.24. The topological polar surface area (TPSA) is 77.8 Å². The average Bonchev–Trinajstić information content (AvgIpc) is 3.30. The second kappa shape index (κ2) is 9.41. The lowest BCUT2D eigenvalue weighted by molar-refractivity contribution is 0.0707. The predicted octanol–water partition coefficient (Wildman–Crippen LogP) is 3.30. The van der Waals surface area contributed by atoms with E-state index in [2.05, 4.69) is 10.6 Å². The van der Waals surface area contributed by atoms with E-state index >= 15 is 0 Å². The molecule has 2 aromatic rings. The molecule has 0 saturated carbocycles. The molecule has 0 bridgehead atoms. The van der Waals surface area contributed by atoms with Gasteiger partial charge in [-0.3, -0.25) is 4.79 Å². The normalized spacial score (nSPS) is 19.9. The first-order valence-electron chi connectivity index (χ1n) is 10.9. The van der Waals surface area contributed by atoms with Gasteiger partial charge in [0.05, 0.1) is 17.5 Å². The summed E-state index contributed by atoms with van der Waals surface area (Å²) in [5.41, 5.74) is 2.17. The van der Waals surface area contributed by atoms with Crippen molar-refractivity contribution in [2.45, 2.75) is 44.7 Å². The fourth-order valence-corrected chi connectivity index (χ4v) is 4.39. The van der Waals surface area contributed by atoms with E-state index in [1.54, 1.807) is 17.0 Å². The first-order chi connectivity index (χ1) is 15.0. The molecule has 0 radical (unpaired) electrons. The highest BCUT2D eigenvalue weighted by molar-refractivity contribution is 5.93. The van der Waals surface area contributed by atoms with Gasteiger partial charge < -0.3 is 24.9 Å². The summed E-state index contributed by atoms with van der Waals surface area (Å²) in [7, 11) is 0. The Morgan fingerprint density at radius 2 is 1.84 bits per heavy atom. The fourth-order valence-electron chi connectivity index (χ4n) is 4.39. The number of urea groups is 1. The third-order valence-electron chi connectivity index (χ3n) is 6.08. The second-order valence-electron chi connectivity index (χ2n) is 8.44. The monoisotopic (exact) mass is 428 g/mol. The maximum Gasteiger partial charge on any atom is 0.315 e. The van der Waals surface area contributed by atoms with Gasteiger partial charge in [0.25, 0.3) is 5.91 Å². The van der Waals surface area contributed by atoms with E-state index in [-0.39, 0.29) is 29.8 Å². The molecule has 2 aliphatic rings. The van der Waals surface area contributed by atoms with Crippen molar-refractivity contribution in [1.82, 2.24) is 15.5 Å². The summed E-state index contributed by atoms with van der Waals surface area (Å²) in [5.74, 6) is -0.269. The summed E-state index contributed by atoms with van der Waals surface area (Å²) >= 11 is 0. The highest BCUT2D eigenvalue weighted by atomic mass is 19.1. The zero-order valence-corrected chi connectivity index (χ0v) is 17.8. The van der Waals surface area contributed by atoms with Crippen LogP contribution in [0.5, 0.6) is 0 Å². The number of furan rings is 1. The molecule has 2 saturated heterocycles. The summed E-state index contributed by atoms with van der Waals surface area (Å²) in [5, 5.41) is 6.09. The van der Waals surface area contributed by atoms with Crippen LogP contribution in [0, 0.1) is 12.7 Å². The molecular formula is C23H29FN4O3. The Hall–Kier alpha value is -3.03. The van der Waals surface area contributed by atoms with Crippen LogP contribution in [0.15, 0.2) is 41.2 Å². The van der Waals surface area contributed by atoms with Gasteiger partial charge in [-0.05, 0) is 56.4 Å². The molecule has 7 nitrogen and oxygen atoms in total. The number of aryl methyl sites for hydroxylation is 1. The Morgan fingerprint density at radius 3 is 2.58 bits per heavy atom. The lowest BCUT2D eigenvalue weighted by atomic mass is 10.0. The number of carbonyl (C=O) groups is 2. The molecule has 1 atom stereocenters. The fraction of sp³-hybridized carbons (Fsp3) is 0.478. The molecule has 2 N–H and O–H groups in total. The molecule has 3 heterocycles. The minimum Gasteiger partial charge on any atom is -0.472 e. The standard InChI is InChI=1S/C23H29FN4O3/c1-16-4-5-20(24)21(13-16)28-9-2-3-19(14-28)26-23(30)25-18-6-10-27(11-7-18)22(29)17-8-12-31-15-17/h4-5,8,12-13,15,18-19H,2-3,6-7,9-11,14H2,1H3,(H2,25,26,30). The molecule has 31 heavy (non-hydrogen) atoms. The number of hydrogen-bond acceptors (Lipinski definition) is 4. The summed E-state index contributed by atoms with van der Waals surface area (Å²) in [6, 6.07) is 6.58. The Balaban J connectivity index is 1.24. The van der Waals surface area contributed by atoms with Crippen molar-refractivity contribution in [1.29, 1.82) is 0 Å². The highest BCUT2D eigenvalue weighted by Gasteiger charge is 2.27. The van der Waals surface area contributed by atoms with Gasteiger partial charge in [-0.15, -0.1) is 0 Å². The van der Waals surface area contributed by atoms with Crippen molar-refractivity contribution in [3.05, 3.63) is 53.7 Å². The Morgan fingerprint density at radius 1 is 1.06 bits per heavy atom. The van der Waals surface area contributed by atoms with Crippen LogP contribution in [0.2, 0.25) is 0 Å². The van der Waals surface area contributed by atoms with Gasteiger partial charge in [-0.25, -0.2) is 9.18 Å². The van der Waals surface area contributed by atoms with Crippen molar-refractivity contribution in [2.75, 3.05) is 31.1 Å². The second-order valence-corrected chi connectivity index (χ2v) is 8.44. The summed E-state index contributed by atoms with van der Waals surface area (Å²) < 4.78 is 19.2. The van der Waals surface area contributed by atoms with E-state index in [9.17, 15) is 14.0 Å². The molecule has 1 aromatic heterocycles. The van der Waals surface area contributed by atoms with E-state index in [0.29, 0.717) is 43.7 Å². The first-order valence-corrected chi connectivity index (χ1v) is 10.9. The molecule has 2 fully saturated rings. The largest absolute Gasteiger partial charge is 0.472 e. The van der Waals surface area contributed by atoms with Gasteiger partial charge in [0.2, 0.25) is 0 Å². The zero-order chi connectivity index (χ0) is 21.8. The predicted molar refractivity (Wildman–Crippen MR) is 116 cm³/mol. The van der Waals surface area contributed by atoms with Crippen LogP contribution >= 0.6 is 0 Å². The number of rotatable bonds is 4. The molecule has 0 aliphatic carbocycles. The Labute approximate surface area is 181 Å². The number of halogens is 1. The van der Waals surface area contributed by atoms with E-state index < -0.39 is 0 Å². The molecule has 1 unspecified atom stereocenters. The lowest BCUT2D eigenvalue weighted by Gasteiger charge is -2.36. The van der Waals surface area contributed by atoms with Crippen LogP contribution in [-0.2, 0) is 0 Å². The Bertz CT molecular complexity index is 910. The molecule has 3 amide bonds. The number of benzene rings is 1. The minimum absolute atomic E-state index is 0.0299. The smallest absolute Gasteiger partial charge is 0.315 e. The van der Waals surface area contributed by atoms with Crippen LogP contribution < -0.4 is 15.5 Å². The van der Waals surface area contributed by atoms with E-state index in [4.69, 9.17) is 4.42 Å². The summed E-state index contributed by atoms with van der Waals surface area (Å²) in [4.78, 5) is 28.7. The van der Waals surface area contributed by atoms with Gasteiger partial charge >= 0.3 is 6.03 Å². The maximum atomic E-state index is 14.3. The average molecular weight is 429 g/mol. The third-order valence-corrected chi connectivity index (χ3v) is 6.08. The van der Waals surface area contributed by atoms with Crippen molar-refractivity contribution in [2.24, 2.45) is 0 Å². The van der Waals surface area contributed by atoms with Crippen molar-refractivity contribution in [3.8, 4) is 0 Å². The van der Waals surface area contributed by atoms with Gasteiger partial charge in [0, 0.05) is 38.3 Å². The van der Waals surface area contributed by atoms with Crippen LogP contribution in [0.25, 0.3) is 0 Å². The van der Waals surface area contributed by atoms with Crippen LogP contribution in [0.1, 0.15) is 41.6 Å². The summed E-state index contributed by atoms with van der Waals surface area (Å²) in [6.07, 6.45) is 6.13. The summed E-state index contributed by atoms with van der Waals surface area (Å²) in [6.45, 7) is 4.51. The zero-order valence-electron chi connectivity index (χ0n) is 17.8. The molecule has 1 aromatic carbocycles. The van der Waals surface area contributed by atoms with Crippen molar-refractivity contribution >= 4 is 17.6 Å². The minimum atomic E-state index is -0.229. The number of amides is 3. The molecule has 8 heteroatoms. The number of anilines is 1. The SMILES string of the molecule is Cc1ccc(F)c(N2CCCC(NC(=O)NC3CCN(C(=O)c4ccoc4)CC3)C2)c1. The van der Waals surface area contributed by atoms with Crippen molar-refractivity contribution in [3.63, 3.8) is 0 Å². The number of likely N-dealkylation sites (tertiary alicyclic amines) is 1. The molecule has 4 rings (SSSR count). The maximum absolute atomic E-state index is 14.3. The van der Waals surface area contributed by atoms with Gasteiger partial charge in [-0.2, -0.15) is 0 Å².